The maximum atomic E-state index is 13.1. The van der Waals surface area contributed by atoms with Gasteiger partial charge < -0.3 is 19.8 Å². The molecule has 0 fully saturated rings. The van der Waals surface area contributed by atoms with Crippen molar-refractivity contribution >= 4 is 16.8 Å². The van der Waals surface area contributed by atoms with Crippen LogP contribution in [0.1, 0.15) is 43.0 Å². The van der Waals surface area contributed by atoms with Crippen molar-refractivity contribution in [2.24, 2.45) is 5.92 Å². The minimum atomic E-state index is -0.283. The molecule has 156 valence electrons. The number of benzene rings is 2. The Morgan fingerprint density at radius 1 is 1.20 bits per heavy atom. The molecule has 0 radical (unpaired) electrons. The van der Waals surface area contributed by atoms with Crippen molar-refractivity contribution in [3.63, 3.8) is 0 Å². The van der Waals surface area contributed by atoms with E-state index in [1.54, 1.807) is 0 Å². The van der Waals surface area contributed by atoms with Crippen LogP contribution in [0.5, 0.6) is 11.5 Å². The number of nitrogens with one attached hydrogen (secondary N) is 3. The van der Waals surface area contributed by atoms with Crippen molar-refractivity contribution in [2.45, 2.75) is 45.3 Å². The summed E-state index contributed by atoms with van der Waals surface area (Å²) in [5.41, 5.74) is 4.61. The summed E-state index contributed by atoms with van der Waals surface area (Å²) in [7, 11) is 0. The largest absolute Gasteiger partial charge is 0.454 e. The molecule has 0 bridgehead atoms. The number of hydrogen-bond donors (Lipinski definition) is 3. The molecule has 6 heteroatoms. The first kappa shape index (κ1) is 19.0. The molecule has 0 saturated heterocycles. The number of ether oxygens (including phenoxy) is 2. The van der Waals surface area contributed by atoms with Gasteiger partial charge in [-0.15, -0.1) is 0 Å². The Morgan fingerprint density at radius 3 is 2.93 bits per heavy atom. The predicted octanol–water partition coefficient (Wildman–Crippen LogP) is 3.81. The lowest BCUT2D eigenvalue weighted by Gasteiger charge is -2.25. The van der Waals surface area contributed by atoms with Crippen LogP contribution in [-0.4, -0.2) is 23.7 Å². The molecule has 0 unspecified atom stereocenters. The Bertz CT molecular complexity index is 1090. The Balaban J connectivity index is 1.35. The monoisotopic (exact) mass is 405 g/mol. The van der Waals surface area contributed by atoms with Crippen LogP contribution in [0.2, 0.25) is 0 Å². The summed E-state index contributed by atoms with van der Waals surface area (Å²) in [6, 6.07) is 12.0. The number of amides is 1. The highest BCUT2D eigenvalue weighted by molar-refractivity contribution is 5.90. The highest BCUT2D eigenvalue weighted by Gasteiger charge is 2.30. The molecular formula is C24H27N3O3. The molecule has 5 rings (SSSR count). The first-order chi connectivity index (χ1) is 14.6. The van der Waals surface area contributed by atoms with Crippen LogP contribution in [0.4, 0.5) is 0 Å². The first-order valence-corrected chi connectivity index (χ1v) is 10.6. The summed E-state index contributed by atoms with van der Waals surface area (Å²) < 4.78 is 10.8. The average Bonchev–Trinajstić information content (AvgIpc) is 3.33. The number of H-pyrrole nitrogens is 1. The molecule has 2 aromatic carbocycles. The highest BCUT2D eigenvalue weighted by atomic mass is 16.7. The van der Waals surface area contributed by atoms with E-state index in [0.717, 1.165) is 29.0 Å². The molecule has 0 spiro atoms. The zero-order valence-electron chi connectivity index (χ0n) is 17.3. The standard InChI is InChI=1S/C24H27N3O3/c1-14(2)8-19-17-4-3-5-18-23(17)16(12-25-18)10-20(27-19)24(28)26-11-15-6-7-21-22(9-15)30-13-29-21/h3-7,9,12,14,19-20,25,27H,8,10-11,13H2,1-2H3,(H,26,28)/t19-,20-/m0/s1. The van der Waals surface area contributed by atoms with Gasteiger partial charge in [-0.1, -0.05) is 32.0 Å². The molecule has 2 atom stereocenters. The van der Waals surface area contributed by atoms with Crippen LogP contribution in [0.15, 0.2) is 42.6 Å². The van der Waals surface area contributed by atoms with Gasteiger partial charge in [-0.25, -0.2) is 0 Å². The molecule has 30 heavy (non-hydrogen) atoms. The second kappa shape index (κ2) is 7.69. The minimum Gasteiger partial charge on any atom is -0.454 e. The second-order valence-electron chi connectivity index (χ2n) is 8.59. The van der Waals surface area contributed by atoms with E-state index in [1.807, 2.05) is 24.4 Å². The van der Waals surface area contributed by atoms with Gasteiger partial charge in [0.1, 0.15) is 0 Å². The SMILES string of the molecule is CC(C)C[C@@H]1N[C@H](C(=O)NCc2ccc3c(c2)OCO3)Cc2c[nH]c3cccc1c23. The van der Waals surface area contributed by atoms with Crippen molar-refractivity contribution in [3.05, 3.63) is 59.3 Å². The van der Waals surface area contributed by atoms with Gasteiger partial charge in [0.2, 0.25) is 12.7 Å². The fraction of sp³-hybridized carbons (Fsp3) is 0.375. The van der Waals surface area contributed by atoms with E-state index >= 15 is 0 Å². The van der Waals surface area contributed by atoms with E-state index in [2.05, 4.69) is 47.7 Å². The molecule has 3 heterocycles. The van der Waals surface area contributed by atoms with Crippen molar-refractivity contribution in [1.82, 2.24) is 15.6 Å². The van der Waals surface area contributed by atoms with E-state index in [-0.39, 0.29) is 24.8 Å². The Labute approximate surface area is 176 Å². The third-order valence-electron chi connectivity index (χ3n) is 5.95. The van der Waals surface area contributed by atoms with Gasteiger partial charge in [0.25, 0.3) is 0 Å². The number of carbonyl (C=O) groups excluding carboxylic acids is 1. The smallest absolute Gasteiger partial charge is 0.237 e. The number of hydrogen-bond acceptors (Lipinski definition) is 4. The molecule has 3 aromatic rings. The molecule has 6 nitrogen and oxygen atoms in total. The predicted molar refractivity (Wildman–Crippen MR) is 116 cm³/mol. The molecule has 3 N–H and O–H groups in total. The summed E-state index contributed by atoms with van der Waals surface area (Å²) >= 11 is 0. The van der Waals surface area contributed by atoms with Crippen molar-refractivity contribution < 1.29 is 14.3 Å². The zero-order valence-corrected chi connectivity index (χ0v) is 17.3. The van der Waals surface area contributed by atoms with Gasteiger partial charge in [0, 0.05) is 29.7 Å². The third kappa shape index (κ3) is 3.52. The van der Waals surface area contributed by atoms with Crippen molar-refractivity contribution in [3.8, 4) is 11.5 Å². The summed E-state index contributed by atoms with van der Waals surface area (Å²) in [6.07, 6.45) is 3.69. The number of fused-ring (bicyclic) bond motifs is 1. The van der Waals surface area contributed by atoms with E-state index in [9.17, 15) is 4.79 Å². The molecule has 1 amide bonds. The quantitative estimate of drug-likeness (QED) is 0.603. The lowest BCUT2D eigenvalue weighted by Crippen LogP contribution is -2.46. The van der Waals surface area contributed by atoms with Crippen LogP contribution in [-0.2, 0) is 17.8 Å². The molecule has 2 aliphatic rings. The summed E-state index contributed by atoms with van der Waals surface area (Å²) in [5.74, 6) is 2.02. The summed E-state index contributed by atoms with van der Waals surface area (Å²) in [6.45, 7) is 5.15. The average molecular weight is 405 g/mol. The second-order valence-corrected chi connectivity index (χ2v) is 8.59. The number of aromatic amines is 1. The molecule has 1 aromatic heterocycles. The van der Waals surface area contributed by atoms with E-state index in [4.69, 9.17) is 9.47 Å². The van der Waals surface area contributed by atoms with Crippen LogP contribution in [0.3, 0.4) is 0 Å². The van der Waals surface area contributed by atoms with Gasteiger partial charge >= 0.3 is 0 Å². The van der Waals surface area contributed by atoms with E-state index < -0.39 is 0 Å². The fourth-order valence-corrected chi connectivity index (χ4v) is 4.55. The lowest BCUT2D eigenvalue weighted by atomic mass is 9.94. The van der Waals surface area contributed by atoms with Gasteiger partial charge in [0.05, 0.1) is 6.04 Å². The van der Waals surface area contributed by atoms with E-state index in [1.165, 1.54) is 16.5 Å². The maximum absolute atomic E-state index is 13.1. The van der Waals surface area contributed by atoms with Crippen molar-refractivity contribution in [2.75, 3.05) is 6.79 Å². The molecule has 0 aliphatic carbocycles. The zero-order chi connectivity index (χ0) is 20.7. The number of carbonyl (C=O) groups is 1. The summed E-state index contributed by atoms with van der Waals surface area (Å²) in [4.78, 5) is 16.5. The van der Waals surface area contributed by atoms with Gasteiger partial charge in [-0.2, -0.15) is 0 Å². The van der Waals surface area contributed by atoms with Crippen molar-refractivity contribution in [1.29, 1.82) is 0 Å². The molecule has 0 saturated carbocycles. The van der Waals surface area contributed by atoms with Crippen LogP contribution in [0, 0.1) is 5.92 Å². The Kier molecular flexibility index (Phi) is 4.87. The third-order valence-corrected chi connectivity index (χ3v) is 5.95. The first-order valence-electron chi connectivity index (χ1n) is 10.6. The molecular weight excluding hydrogens is 378 g/mol. The van der Waals surface area contributed by atoms with Crippen LogP contribution in [0.25, 0.3) is 10.9 Å². The number of rotatable bonds is 5. The van der Waals surface area contributed by atoms with Gasteiger partial charge in [-0.3, -0.25) is 10.1 Å². The summed E-state index contributed by atoms with van der Waals surface area (Å²) in [5, 5.41) is 8.02. The minimum absolute atomic E-state index is 0.0172. The number of aromatic nitrogens is 1. The van der Waals surface area contributed by atoms with Gasteiger partial charge in [-0.05, 0) is 53.6 Å². The topological polar surface area (TPSA) is 75.4 Å². The normalized spacial score (nSPS) is 19.8. The van der Waals surface area contributed by atoms with Crippen LogP contribution < -0.4 is 20.1 Å². The maximum Gasteiger partial charge on any atom is 0.237 e. The van der Waals surface area contributed by atoms with Gasteiger partial charge in [0.15, 0.2) is 11.5 Å². The Hall–Kier alpha value is -2.99. The lowest BCUT2D eigenvalue weighted by molar-refractivity contribution is -0.123. The highest BCUT2D eigenvalue weighted by Crippen LogP contribution is 2.35. The van der Waals surface area contributed by atoms with E-state index in [0.29, 0.717) is 18.9 Å². The fourth-order valence-electron chi connectivity index (χ4n) is 4.55. The van der Waals surface area contributed by atoms with Crippen LogP contribution >= 0.6 is 0 Å². The molecule has 2 aliphatic heterocycles. The Morgan fingerprint density at radius 2 is 2.07 bits per heavy atom.